The van der Waals surface area contributed by atoms with Crippen molar-refractivity contribution in [2.75, 3.05) is 6.54 Å². The highest BCUT2D eigenvalue weighted by Crippen LogP contribution is 2.31. The summed E-state index contributed by atoms with van der Waals surface area (Å²) >= 11 is 0. The Morgan fingerprint density at radius 3 is 2.96 bits per heavy atom. The van der Waals surface area contributed by atoms with Crippen molar-refractivity contribution >= 4 is 5.91 Å². The summed E-state index contributed by atoms with van der Waals surface area (Å²) in [5, 5.41) is 6.96. The van der Waals surface area contributed by atoms with Gasteiger partial charge in [0.1, 0.15) is 6.61 Å². The van der Waals surface area contributed by atoms with Crippen LogP contribution in [0.5, 0.6) is 5.75 Å². The first-order valence-electron chi connectivity index (χ1n) is 9.35. The van der Waals surface area contributed by atoms with E-state index >= 15 is 0 Å². The summed E-state index contributed by atoms with van der Waals surface area (Å²) in [7, 11) is 0. The van der Waals surface area contributed by atoms with Gasteiger partial charge in [-0.15, -0.1) is 0 Å². The van der Waals surface area contributed by atoms with E-state index in [1.165, 1.54) is 6.07 Å². The van der Waals surface area contributed by atoms with Gasteiger partial charge in [-0.2, -0.15) is 5.10 Å². The number of nitrogens with one attached hydrogen (secondary N) is 1. The lowest BCUT2D eigenvalue weighted by atomic mass is 9.96. The van der Waals surface area contributed by atoms with Gasteiger partial charge in [0.05, 0.1) is 11.7 Å². The molecule has 0 unspecified atom stereocenters. The van der Waals surface area contributed by atoms with Crippen LogP contribution < -0.4 is 4.74 Å². The average Bonchev–Trinajstić information content (AvgIpc) is 3.22. The minimum absolute atomic E-state index is 0.00441. The number of aromatic nitrogens is 3. The summed E-state index contributed by atoms with van der Waals surface area (Å²) in [5.74, 6) is -0.384. The van der Waals surface area contributed by atoms with Gasteiger partial charge < -0.3 is 9.64 Å². The second-order valence-electron chi connectivity index (χ2n) is 6.79. The first-order chi connectivity index (χ1) is 13.7. The third-order valence-electron chi connectivity index (χ3n) is 4.90. The van der Waals surface area contributed by atoms with E-state index in [2.05, 4.69) is 15.2 Å². The topological polar surface area (TPSA) is 71.1 Å². The van der Waals surface area contributed by atoms with E-state index < -0.39 is 5.82 Å². The van der Waals surface area contributed by atoms with Crippen LogP contribution >= 0.6 is 0 Å². The maximum Gasteiger partial charge on any atom is 0.274 e. The van der Waals surface area contributed by atoms with Crippen LogP contribution in [0, 0.1) is 5.82 Å². The first kappa shape index (κ1) is 18.2. The molecule has 0 bridgehead atoms. The molecule has 1 aliphatic heterocycles. The molecule has 4 rings (SSSR count). The Bertz CT molecular complexity index is 944. The number of piperidine rings is 1. The van der Waals surface area contributed by atoms with E-state index in [1.807, 2.05) is 23.2 Å². The van der Waals surface area contributed by atoms with Crippen molar-refractivity contribution in [3.63, 3.8) is 0 Å². The van der Waals surface area contributed by atoms with Crippen LogP contribution in [-0.2, 0) is 6.61 Å². The van der Waals surface area contributed by atoms with Gasteiger partial charge in [0, 0.05) is 18.9 Å². The van der Waals surface area contributed by atoms with Gasteiger partial charge in [-0.3, -0.25) is 14.9 Å². The molecule has 1 fully saturated rings. The molecule has 0 aliphatic carbocycles. The van der Waals surface area contributed by atoms with Crippen molar-refractivity contribution in [3.05, 3.63) is 77.6 Å². The number of hydrogen-bond donors (Lipinski definition) is 1. The highest BCUT2D eigenvalue weighted by Gasteiger charge is 2.30. The summed E-state index contributed by atoms with van der Waals surface area (Å²) in [6.45, 7) is 0.791. The summed E-state index contributed by atoms with van der Waals surface area (Å²) in [5.41, 5.74) is 1.98. The van der Waals surface area contributed by atoms with Crippen molar-refractivity contribution in [2.24, 2.45) is 0 Å². The van der Waals surface area contributed by atoms with E-state index in [4.69, 9.17) is 4.74 Å². The van der Waals surface area contributed by atoms with Gasteiger partial charge in [0.25, 0.3) is 5.91 Å². The Labute approximate surface area is 162 Å². The normalized spacial score (nSPS) is 16.8. The van der Waals surface area contributed by atoms with E-state index in [1.54, 1.807) is 30.5 Å². The van der Waals surface area contributed by atoms with Crippen LogP contribution in [0.2, 0.25) is 0 Å². The number of halogens is 1. The van der Waals surface area contributed by atoms with Gasteiger partial charge in [0.2, 0.25) is 0 Å². The zero-order valence-corrected chi connectivity index (χ0v) is 15.3. The lowest BCUT2D eigenvalue weighted by molar-refractivity contribution is 0.0605. The van der Waals surface area contributed by atoms with Crippen molar-refractivity contribution in [1.29, 1.82) is 0 Å². The molecule has 0 saturated carbocycles. The molecule has 1 aromatic carbocycles. The predicted octanol–water partition coefficient (Wildman–Crippen LogP) is 3.89. The smallest absolute Gasteiger partial charge is 0.274 e. The Morgan fingerprint density at radius 2 is 2.14 bits per heavy atom. The first-order valence-corrected chi connectivity index (χ1v) is 9.35. The number of para-hydroxylation sites is 1. The third kappa shape index (κ3) is 3.88. The number of aromatic amines is 1. The fraction of sp³-hybridized carbons (Fsp3) is 0.286. The highest BCUT2D eigenvalue weighted by molar-refractivity contribution is 5.92. The summed E-state index contributed by atoms with van der Waals surface area (Å²) in [4.78, 5) is 19.1. The summed E-state index contributed by atoms with van der Waals surface area (Å²) in [6, 6.07) is 11.8. The van der Waals surface area contributed by atoms with Crippen LogP contribution in [0.3, 0.4) is 0 Å². The molecule has 7 heteroatoms. The fourth-order valence-electron chi connectivity index (χ4n) is 3.50. The Balaban J connectivity index is 1.46. The SMILES string of the molecule is O=C(c1cc(COc2ccccc2F)[nH]n1)N1CCCC[C@H]1c1cccnc1. The maximum absolute atomic E-state index is 13.7. The fourth-order valence-corrected chi connectivity index (χ4v) is 3.50. The molecule has 1 N–H and O–H groups in total. The van der Waals surface area contributed by atoms with Crippen molar-refractivity contribution in [2.45, 2.75) is 31.9 Å². The number of benzene rings is 1. The number of amides is 1. The molecule has 3 aromatic rings. The van der Waals surface area contributed by atoms with Crippen molar-refractivity contribution in [1.82, 2.24) is 20.1 Å². The summed E-state index contributed by atoms with van der Waals surface area (Å²) in [6.07, 6.45) is 6.50. The van der Waals surface area contributed by atoms with Crippen LogP contribution in [0.4, 0.5) is 4.39 Å². The Hall–Kier alpha value is -3.22. The molecular weight excluding hydrogens is 359 g/mol. The molecule has 1 atom stereocenters. The van der Waals surface area contributed by atoms with Crippen molar-refractivity contribution < 1.29 is 13.9 Å². The molecule has 3 heterocycles. The lowest BCUT2D eigenvalue weighted by Crippen LogP contribution is -2.38. The summed E-state index contributed by atoms with van der Waals surface area (Å²) < 4.78 is 19.1. The van der Waals surface area contributed by atoms with Crippen LogP contribution in [-0.4, -0.2) is 32.5 Å². The monoisotopic (exact) mass is 380 g/mol. The van der Waals surface area contributed by atoms with Gasteiger partial charge in [0.15, 0.2) is 17.3 Å². The number of H-pyrrole nitrogens is 1. The van der Waals surface area contributed by atoms with Crippen LogP contribution in [0.25, 0.3) is 0 Å². The zero-order chi connectivity index (χ0) is 19.3. The van der Waals surface area contributed by atoms with Crippen LogP contribution in [0.1, 0.15) is 47.1 Å². The average molecular weight is 380 g/mol. The third-order valence-corrected chi connectivity index (χ3v) is 4.90. The number of carbonyl (C=O) groups excluding carboxylic acids is 1. The second-order valence-corrected chi connectivity index (χ2v) is 6.79. The van der Waals surface area contributed by atoms with E-state index in [9.17, 15) is 9.18 Å². The van der Waals surface area contributed by atoms with Crippen molar-refractivity contribution in [3.8, 4) is 5.75 Å². The van der Waals surface area contributed by atoms with E-state index in [-0.39, 0.29) is 24.3 Å². The number of likely N-dealkylation sites (tertiary alicyclic amines) is 1. The number of carbonyl (C=O) groups is 1. The minimum Gasteiger partial charge on any atom is -0.484 e. The number of nitrogens with zero attached hydrogens (tertiary/aromatic N) is 3. The molecule has 1 amide bonds. The molecule has 1 aliphatic rings. The van der Waals surface area contributed by atoms with Gasteiger partial charge in [-0.1, -0.05) is 18.2 Å². The second kappa shape index (κ2) is 8.21. The largest absolute Gasteiger partial charge is 0.484 e. The molecule has 144 valence electrons. The standard InChI is InChI=1S/C21H21FN4O2/c22-17-7-1-2-9-20(17)28-14-16-12-18(25-24-16)21(27)26-11-4-3-8-19(26)15-6-5-10-23-13-15/h1-2,5-7,9-10,12-13,19H,3-4,8,11,14H2,(H,24,25)/t19-/m0/s1. The molecule has 2 aromatic heterocycles. The quantitative estimate of drug-likeness (QED) is 0.729. The number of pyridine rings is 1. The number of hydrogen-bond acceptors (Lipinski definition) is 4. The molecule has 1 saturated heterocycles. The van der Waals surface area contributed by atoms with Gasteiger partial charge in [-0.25, -0.2) is 4.39 Å². The molecule has 0 radical (unpaired) electrons. The Morgan fingerprint density at radius 1 is 1.25 bits per heavy atom. The number of ether oxygens (including phenoxy) is 1. The zero-order valence-electron chi connectivity index (χ0n) is 15.3. The van der Waals surface area contributed by atoms with E-state index in [0.29, 0.717) is 17.9 Å². The molecular formula is C21H21FN4O2. The van der Waals surface area contributed by atoms with Gasteiger partial charge >= 0.3 is 0 Å². The molecule has 0 spiro atoms. The van der Waals surface area contributed by atoms with E-state index in [0.717, 1.165) is 24.8 Å². The highest BCUT2D eigenvalue weighted by atomic mass is 19.1. The maximum atomic E-state index is 13.7. The molecule has 28 heavy (non-hydrogen) atoms. The lowest BCUT2D eigenvalue weighted by Gasteiger charge is -2.35. The van der Waals surface area contributed by atoms with Gasteiger partial charge in [-0.05, 0) is 49.1 Å². The Kier molecular flexibility index (Phi) is 5.32. The van der Waals surface area contributed by atoms with Crippen LogP contribution in [0.15, 0.2) is 54.9 Å². The number of rotatable bonds is 5. The molecule has 6 nitrogen and oxygen atoms in total. The predicted molar refractivity (Wildman–Crippen MR) is 101 cm³/mol. The minimum atomic E-state index is -0.425.